The third-order valence-corrected chi connectivity index (χ3v) is 4.81. The molecular formula is C22H23N3O6. The first-order valence-electron chi connectivity index (χ1n) is 9.69. The number of benzene rings is 2. The maximum absolute atomic E-state index is 12.5. The Balaban J connectivity index is 1.66. The van der Waals surface area contributed by atoms with Gasteiger partial charge in [-0.05, 0) is 30.7 Å². The van der Waals surface area contributed by atoms with Crippen molar-refractivity contribution in [1.82, 2.24) is 0 Å². The van der Waals surface area contributed by atoms with Crippen LogP contribution in [0.2, 0.25) is 0 Å². The topological polar surface area (TPSA) is 105 Å². The van der Waals surface area contributed by atoms with Crippen molar-refractivity contribution < 1.29 is 28.7 Å². The Kier molecular flexibility index (Phi) is 6.86. The van der Waals surface area contributed by atoms with Crippen molar-refractivity contribution in [2.75, 3.05) is 42.4 Å². The maximum Gasteiger partial charge on any atom is 0.413 e. The summed E-state index contributed by atoms with van der Waals surface area (Å²) in [6.07, 6.45) is 0.586. The molecule has 1 heterocycles. The zero-order chi connectivity index (χ0) is 22.4. The fourth-order valence-electron chi connectivity index (χ4n) is 3.29. The number of hydrogen-bond acceptors (Lipinski definition) is 6. The number of para-hydroxylation sites is 3. The highest BCUT2D eigenvalue weighted by Gasteiger charge is 2.25. The summed E-state index contributed by atoms with van der Waals surface area (Å²) < 4.78 is 9.81. The molecule has 3 rings (SSSR count). The van der Waals surface area contributed by atoms with Gasteiger partial charge in [-0.1, -0.05) is 24.3 Å². The van der Waals surface area contributed by atoms with Gasteiger partial charge >= 0.3 is 12.1 Å². The summed E-state index contributed by atoms with van der Waals surface area (Å²) in [6, 6.07) is 13.3. The zero-order valence-corrected chi connectivity index (χ0v) is 17.3. The number of rotatable bonds is 6. The molecule has 1 aliphatic rings. The number of nitrogens with zero attached hydrogens (tertiary/aromatic N) is 2. The highest BCUT2D eigenvalue weighted by Crippen LogP contribution is 2.29. The van der Waals surface area contributed by atoms with Gasteiger partial charge in [-0.2, -0.15) is 0 Å². The Bertz CT molecular complexity index is 1010. The lowest BCUT2D eigenvalue weighted by atomic mass is 10.1. The second kappa shape index (κ2) is 9.75. The monoisotopic (exact) mass is 425 g/mol. The van der Waals surface area contributed by atoms with Crippen LogP contribution in [0.25, 0.3) is 0 Å². The minimum atomic E-state index is -0.760. The standard InChI is InChI=1S/C22H23N3O6/c1-24(22(29)30-2)17-10-5-3-8-15(17)21(28)31-14-19(26)23-16-9-4-6-11-18(16)25-13-7-12-20(25)27/h3-6,8-11H,7,12-14H2,1-2H3,(H,23,26). The molecule has 0 bridgehead atoms. The molecule has 1 fully saturated rings. The van der Waals surface area contributed by atoms with Crippen molar-refractivity contribution >= 4 is 40.9 Å². The fourth-order valence-corrected chi connectivity index (χ4v) is 3.29. The quantitative estimate of drug-likeness (QED) is 0.714. The summed E-state index contributed by atoms with van der Waals surface area (Å²) in [6.45, 7) is 0.0581. The van der Waals surface area contributed by atoms with Gasteiger partial charge in [0.1, 0.15) is 0 Å². The van der Waals surface area contributed by atoms with Crippen LogP contribution >= 0.6 is 0 Å². The Labute approximate surface area is 179 Å². The largest absolute Gasteiger partial charge is 0.452 e. The number of ether oxygens (including phenoxy) is 2. The number of esters is 1. The molecule has 2 aromatic rings. The molecular weight excluding hydrogens is 402 g/mol. The summed E-state index contributed by atoms with van der Waals surface area (Å²) in [5.74, 6) is -1.31. The molecule has 9 heteroatoms. The molecule has 2 aromatic carbocycles. The predicted octanol–water partition coefficient (Wildman–Crippen LogP) is 2.81. The van der Waals surface area contributed by atoms with E-state index in [1.54, 1.807) is 47.4 Å². The van der Waals surface area contributed by atoms with E-state index in [4.69, 9.17) is 4.74 Å². The van der Waals surface area contributed by atoms with Crippen molar-refractivity contribution in [1.29, 1.82) is 0 Å². The first-order chi connectivity index (χ1) is 14.9. The molecule has 0 atom stereocenters. The normalized spacial score (nSPS) is 13.0. The average molecular weight is 425 g/mol. The number of anilines is 3. The van der Waals surface area contributed by atoms with Crippen molar-refractivity contribution in [2.45, 2.75) is 12.8 Å². The van der Waals surface area contributed by atoms with E-state index in [-0.39, 0.29) is 17.2 Å². The number of amides is 3. The summed E-state index contributed by atoms with van der Waals surface area (Å²) in [4.78, 5) is 51.5. The van der Waals surface area contributed by atoms with Gasteiger partial charge in [0.05, 0.1) is 29.7 Å². The van der Waals surface area contributed by atoms with Crippen LogP contribution in [-0.4, -0.2) is 51.2 Å². The van der Waals surface area contributed by atoms with E-state index >= 15 is 0 Å². The Morgan fingerprint density at radius 2 is 1.81 bits per heavy atom. The first kappa shape index (κ1) is 21.8. The van der Waals surface area contributed by atoms with E-state index in [1.807, 2.05) is 0 Å². The van der Waals surface area contributed by atoms with Crippen LogP contribution in [-0.2, 0) is 19.1 Å². The molecule has 9 nitrogen and oxygen atoms in total. The Hall–Kier alpha value is -3.88. The van der Waals surface area contributed by atoms with Gasteiger partial charge in [0, 0.05) is 20.0 Å². The van der Waals surface area contributed by atoms with Gasteiger partial charge in [-0.3, -0.25) is 14.5 Å². The molecule has 162 valence electrons. The summed E-state index contributed by atoms with van der Waals surface area (Å²) in [5, 5.41) is 2.68. The Morgan fingerprint density at radius 3 is 2.52 bits per heavy atom. The van der Waals surface area contributed by atoms with Crippen molar-refractivity contribution in [3.05, 3.63) is 54.1 Å². The number of nitrogens with one attached hydrogen (secondary N) is 1. The summed E-state index contributed by atoms with van der Waals surface area (Å²) >= 11 is 0. The fraction of sp³-hybridized carbons (Fsp3) is 0.273. The molecule has 1 aliphatic heterocycles. The molecule has 3 amide bonds. The molecule has 1 saturated heterocycles. The van der Waals surface area contributed by atoms with Gasteiger partial charge < -0.3 is 19.7 Å². The van der Waals surface area contributed by atoms with Gasteiger partial charge in [-0.15, -0.1) is 0 Å². The minimum absolute atomic E-state index is 0.000500. The van der Waals surface area contributed by atoms with Crippen LogP contribution in [0.15, 0.2) is 48.5 Å². The molecule has 0 aromatic heterocycles. The second-order valence-electron chi connectivity index (χ2n) is 6.84. The van der Waals surface area contributed by atoms with Crippen molar-refractivity contribution in [3.63, 3.8) is 0 Å². The van der Waals surface area contributed by atoms with E-state index < -0.39 is 24.6 Å². The number of carbonyl (C=O) groups is 4. The number of carbonyl (C=O) groups excluding carboxylic acids is 4. The minimum Gasteiger partial charge on any atom is -0.452 e. The lowest BCUT2D eigenvalue weighted by molar-refractivity contribution is -0.119. The van der Waals surface area contributed by atoms with Gasteiger partial charge in [-0.25, -0.2) is 9.59 Å². The lowest BCUT2D eigenvalue weighted by Gasteiger charge is -2.20. The van der Waals surface area contributed by atoms with Crippen LogP contribution < -0.4 is 15.1 Å². The molecule has 0 saturated carbocycles. The maximum atomic E-state index is 12.5. The van der Waals surface area contributed by atoms with Crippen molar-refractivity contribution in [3.8, 4) is 0 Å². The average Bonchev–Trinajstić information content (AvgIpc) is 3.22. The molecule has 0 aliphatic carbocycles. The number of hydrogen-bond donors (Lipinski definition) is 1. The Morgan fingerprint density at radius 1 is 1.10 bits per heavy atom. The molecule has 0 radical (unpaired) electrons. The van der Waals surface area contributed by atoms with Crippen molar-refractivity contribution in [2.24, 2.45) is 0 Å². The highest BCUT2D eigenvalue weighted by atomic mass is 16.5. The van der Waals surface area contributed by atoms with Crippen LogP contribution in [0.4, 0.5) is 21.9 Å². The zero-order valence-electron chi connectivity index (χ0n) is 17.3. The molecule has 1 N–H and O–H groups in total. The molecule has 0 unspecified atom stereocenters. The predicted molar refractivity (Wildman–Crippen MR) is 114 cm³/mol. The third-order valence-electron chi connectivity index (χ3n) is 4.81. The molecule has 0 spiro atoms. The molecule has 31 heavy (non-hydrogen) atoms. The van der Waals surface area contributed by atoms with Crippen LogP contribution in [0.5, 0.6) is 0 Å². The van der Waals surface area contributed by atoms with Gasteiger partial charge in [0.15, 0.2) is 6.61 Å². The summed E-state index contributed by atoms with van der Waals surface area (Å²) in [5.41, 5.74) is 1.48. The van der Waals surface area contributed by atoms with E-state index in [0.29, 0.717) is 24.3 Å². The van der Waals surface area contributed by atoms with Crippen LogP contribution in [0.1, 0.15) is 23.2 Å². The smallest absolute Gasteiger partial charge is 0.413 e. The van der Waals surface area contributed by atoms with E-state index in [9.17, 15) is 19.2 Å². The lowest BCUT2D eigenvalue weighted by Crippen LogP contribution is -2.29. The van der Waals surface area contributed by atoms with Crippen LogP contribution in [0, 0.1) is 0 Å². The SMILES string of the molecule is COC(=O)N(C)c1ccccc1C(=O)OCC(=O)Nc1ccccc1N1CCCC1=O. The second-order valence-corrected chi connectivity index (χ2v) is 6.84. The van der Waals surface area contributed by atoms with Gasteiger partial charge in [0.2, 0.25) is 5.91 Å². The van der Waals surface area contributed by atoms with E-state index in [2.05, 4.69) is 10.1 Å². The van der Waals surface area contributed by atoms with Gasteiger partial charge in [0.25, 0.3) is 5.91 Å². The van der Waals surface area contributed by atoms with Crippen LogP contribution in [0.3, 0.4) is 0 Å². The van der Waals surface area contributed by atoms with E-state index in [1.165, 1.54) is 25.1 Å². The van der Waals surface area contributed by atoms with E-state index in [0.717, 1.165) is 6.42 Å². The summed E-state index contributed by atoms with van der Waals surface area (Å²) in [7, 11) is 2.69. The third kappa shape index (κ3) is 5.00. The number of methoxy groups -OCH3 is 1. The highest BCUT2D eigenvalue weighted by molar-refractivity contribution is 6.04. The first-order valence-corrected chi connectivity index (χ1v) is 9.69.